The number of nitrogens with one attached hydrogen (secondary N) is 1. The summed E-state index contributed by atoms with van der Waals surface area (Å²) in [6.07, 6.45) is 1.17. The van der Waals surface area contributed by atoms with E-state index in [-0.39, 0.29) is 5.91 Å². The molecule has 1 aliphatic heterocycles. The summed E-state index contributed by atoms with van der Waals surface area (Å²) in [7, 11) is 0. The van der Waals surface area contributed by atoms with Crippen molar-refractivity contribution in [1.29, 1.82) is 0 Å². The van der Waals surface area contributed by atoms with Crippen molar-refractivity contribution in [2.75, 3.05) is 11.4 Å². The summed E-state index contributed by atoms with van der Waals surface area (Å²) < 4.78 is 0. The first-order valence-corrected chi connectivity index (χ1v) is 7.61. The SMILES string of the molecule is O=C(Cc1[nH]nc2ccccc12)N1CCc2cc(Cl)ccc21. The van der Waals surface area contributed by atoms with Crippen molar-refractivity contribution in [3.05, 3.63) is 58.7 Å². The van der Waals surface area contributed by atoms with Crippen LogP contribution in [0.15, 0.2) is 42.5 Å². The molecule has 3 aromatic rings. The number of H-pyrrole nitrogens is 1. The van der Waals surface area contributed by atoms with Crippen molar-refractivity contribution >= 4 is 34.1 Å². The quantitative estimate of drug-likeness (QED) is 0.789. The molecule has 0 saturated heterocycles. The summed E-state index contributed by atoms with van der Waals surface area (Å²) in [5, 5.41) is 8.94. The zero-order valence-corrected chi connectivity index (χ0v) is 12.6. The number of fused-ring (bicyclic) bond motifs is 2. The fraction of sp³-hybridized carbons (Fsp3) is 0.176. The lowest BCUT2D eigenvalue weighted by atomic mass is 10.1. The van der Waals surface area contributed by atoms with Gasteiger partial charge in [0.1, 0.15) is 0 Å². The van der Waals surface area contributed by atoms with E-state index >= 15 is 0 Å². The second kappa shape index (κ2) is 5.14. The fourth-order valence-corrected chi connectivity index (χ4v) is 3.22. The Labute approximate surface area is 132 Å². The van der Waals surface area contributed by atoms with Crippen LogP contribution in [0.1, 0.15) is 11.3 Å². The first-order chi connectivity index (χ1) is 10.7. The number of nitrogens with zero attached hydrogens (tertiary/aromatic N) is 2. The maximum Gasteiger partial charge on any atom is 0.233 e. The molecule has 0 radical (unpaired) electrons. The molecule has 0 atom stereocenters. The molecule has 4 rings (SSSR count). The number of aromatic nitrogens is 2. The average molecular weight is 312 g/mol. The van der Waals surface area contributed by atoms with Gasteiger partial charge in [-0.25, -0.2) is 0 Å². The summed E-state index contributed by atoms with van der Waals surface area (Å²) in [6.45, 7) is 0.709. The molecule has 1 amide bonds. The van der Waals surface area contributed by atoms with Crippen molar-refractivity contribution in [1.82, 2.24) is 10.2 Å². The summed E-state index contributed by atoms with van der Waals surface area (Å²) >= 11 is 6.01. The summed E-state index contributed by atoms with van der Waals surface area (Å²) in [4.78, 5) is 14.5. The second-order valence-corrected chi connectivity index (χ2v) is 5.90. The third-order valence-corrected chi connectivity index (χ3v) is 4.34. The Bertz CT molecular complexity index is 871. The van der Waals surface area contributed by atoms with Gasteiger partial charge >= 0.3 is 0 Å². The Morgan fingerprint density at radius 2 is 2.14 bits per heavy atom. The van der Waals surface area contributed by atoms with E-state index in [2.05, 4.69) is 10.2 Å². The highest BCUT2D eigenvalue weighted by Gasteiger charge is 2.25. The summed E-state index contributed by atoms with van der Waals surface area (Å²) in [5.74, 6) is 0.0791. The van der Waals surface area contributed by atoms with Gasteiger partial charge in [-0.15, -0.1) is 0 Å². The number of benzene rings is 2. The molecule has 22 heavy (non-hydrogen) atoms. The minimum Gasteiger partial charge on any atom is -0.311 e. The molecule has 0 aliphatic carbocycles. The van der Waals surface area contributed by atoms with Crippen LogP contribution in [0.3, 0.4) is 0 Å². The van der Waals surface area contributed by atoms with Gasteiger partial charge in [-0.05, 0) is 36.2 Å². The number of carbonyl (C=O) groups is 1. The molecule has 2 aromatic carbocycles. The maximum atomic E-state index is 12.6. The fourth-order valence-electron chi connectivity index (χ4n) is 3.03. The molecule has 0 unspecified atom stereocenters. The molecular weight excluding hydrogens is 298 g/mol. The van der Waals surface area contributed by atoms with E-state index in [9.17, 15) is 4.79 Å². The molecule has 1 aliphatic rings. The van der Waals surface area contributed by atoms with Gasteiger partial charge in [-0.1, -0.05) is 29.8 Å². The number of carbonyl (C=O) groups excluding carboxylic acids is 1. The third-order valence-electron chi connectivity index (χ3n) is 4.11. The largest absolute Gasteiger partial charge is 0.311 e. The molecule has 5 heteroatoms. The Balaban J connectivity index is 1.62. The van der Waals surface area contributed by atoms with Crippen LogP contribution in [0.25, 0.3) is 10.9 Å². The van der Waals surface area contributed by atoms with Crippen LogP contribution in [0.4, 0.5) is 5.69 Å². The number of rotatable bonds is 2. The number of amides is 1. The number of halogens is 1. The van der Waals surface area contributed by atoms with Crippen molar-refractivity contribution in [2.24, 2.45) is 0 Å². The lowest BCUT2D eigenvalue weighted by Gasteiger charge is -2.17. The van der Waals surface area contributed by atoms with Gasteiger partial charge < -0.3 is 4.90 Å². The van der Waals surface area contributed by atoms with E-state index in [1.54, 1.807) is 0 Å². The monoisotopic (exact) mass is 311 g/mol. The highest BCUT2D eigenvalue weighted by atomic mass is 35.5. The molecule has 4 nitrogen and oxygen atoms in total. The second-order valence-electron chi connectivity index (χ2n) is 5.46. The van der Waals surface area contributed by atoms with Crippen molar-refractivity contribution < 1.29 is 4.79 Å². The first-order valence-electron chi connectivity index (χ1n) is 7.23. The van der Waals surface area contributed by atoms with E-state index in [1.807, 2.05) is 47.4 Å². The molecule has 0 saturated carbocycles. The Kier molecular flexibility index (Phi) is 3.12. The van der Waals surface area contributed by atoms with Gasteiger partial charge in [0.25, 0.3) is 0 Å². The number of aromatic amines is 1. The Morgan fingerprint density at radius 3 is 3.05 bits per heavy atom. The number of hydrogen-bond donors (Lipinski definition) is 1. The van der Waals surface area contributed by atoms with Crippen molar-refractivity contribution in [3.63, 3.8) is 0 Å². The van der Waals surface area contributed by atoms with Gasteiger partial charge in [0.15, 0.2) is 0 Å². The molecule has 110 valence electrons. The third kappa shape index (κ3) is 2.16. The van der Waals surface area contributed by atoms with Gasteiger partial charge in [0.2, 0.25) is 5.91 Å². The first kappa shape index (κ1) is 13.3. The van der Waals surface area contributed by atoms with Crippen LogP contribution in [0.5, 0.6) is 0 Å². The number of para-hydroxylation sites is 1. The van der Waals surface area contributed by atoms with Gasteiger partial charge in [-0.2, -0.15) is 5.10 Å². The highest BCUT2D eigenvalue weighted by molar-refractivity contribution is 6.30. The zero-order chi connectivity index (χ0) is 15.1. The molecule has 0 bridgehead atoms. The highest BCUT2D eigenvalue weighted by Crippen LogP contribution is 2.31. The van der Waals surface area contributed by atoms with Crippen LogP contribution in [-0.2, 0) is 17.6 Å². The predicted octanol–water partition coefficient (Wildman–Crippen LogP) is 3.35. The van der Waals surface area contributed by atoms with Crippen LogP contribution >= 0.6 is 11.6 Å². The molecule has 1 N–H and O–H groups in total. The minimum absolute atomic E-state index is 0.0791. The van der Waals surface area contributed by atoms with E-state index in [1.165, 1.54) is 0 Å². The minimum atomic E-state index is 0.0791. The number of hydrogen-bond acceptors (Lipinski definition) is 2. The molecule has 2 heterocycles. The van der Waals surface area contributed by atoms with Crippen LogP contribution in [0.2, 0.25) is 5.02 Å². The lowest BCUT2D eigenvalue weighted by Crippen LogP contribution is -2.30. The summed E-state index contributed by atoms with van der Waals surface area (Å²) in [6, 6.07) is 13.5. The van der Waals surface area contributed by atoms with Crippen LogP contribution in [0, 0.1) is 0 Å². The van der Waals surface area contributed by atoms with Crippen molar-refractivity contribution in [2.45, 2.75) is 12.8 Å². The van der Waals surface area contributed by atoms with Gasteiger partial charge in [-0.3, -0.25) is 9.89 Å². The number of anilines is 1. The van der Waals surface area contributed by atoms with Crippen LogP contribution < -0.4 is 4.90 Å². The van der Waals surface area contributed by atoms with Gasteiger partial charge in [0.05, 0.1) is 17.6 Å². The molecular formula is C17H14ClN3O. The van der Waals surface area contributed by atoms with E-state index in [0.29, 0.717) is 18.0 Å². The normalized spacial score (nSPS) is 13.6. The van der Waals surface area contributed by atoms with E-state index in [0.717, 1.165) is 34.3 Å². The van der Waals surface area contributed by atoms with Crippen LogP contribution in [-0.4, -0.2) is 22.6 Å². The maximum absolute atomic E-state index is 12.6. The molecule has 0 spiro atoms. The molecule has 1 aromatic heterocycles. The Morgan fingerprint density at radius 1 is 1.27 bits per heavy atom. The lowest BCUT2D eigenvalue weighted by molar-refractivity contribution is -0.117. The molecule has 0 fully saturated rings. The predicted molar refractivity (Wildman–Crippen MR) is 87.3 cm³/mol. The zero-order valence-electron chi connectivity index (χ0n) is 11.8. The summed E-state index contributed by atoms with van der Waals surface area (Å²) in [5.41, 5.74) is 3.86. The Hall–Kier alpha value is -2.33. The topological polar surface area (TPSA) is 49.0 Å². The standard InChI is InChI=1S/C17H14ClN3O/c18-12-5-6-16-11(9-12)7-8-21(16)17(22)10-15-13-3-1-2-4-14(13)19-20-15/h1-6,9H,7-8,10H2,(H,19,20). The smallest absolute Gasteiger partial charge is 0.233 e. The van der Waals surface area contributed by atoms with Gasteiger partial charge in [0, 0.05) is 22.6 Å². The van der Waals surface area contributed by atoms with E-state index in [4.69, 9.17) is 11.6 Å². The van der Waals surface area contributed by atoms with Crippen molar-refractivity contribution in [3.8, 4) is 0 Å². The van der Waals surface area contributed by atoms with E-state index < -0.39 is 0 Å². The average Bonchev–Trinajstić information content (AvgIpc) is 3.11.